The van der Waals surface area contributed by atoms with Gasteiger partial charge in [0, 0.05) is 19.0 Å². The van der Waals surface area contributed by atoms with Crippen LogP contribution in [0.1, 0.15) is 86.5 Å². The molecule has 0 aromatic heterocycles. The predicted molar refractivity (Wildman–Crippen MR) is 159 cm³/mol. The van der Waals surface area contributed by atoms with E-state index in [2.05, 4.69) is 57.7 Å². The fraction of sp³-hybridized carbons (Fsp3) is 0.767. The Morgan fingerprint density at radius 3 is 2.26 bits per heavy atom. The lowest BCUT2D eigenvalue weighted by atomic mass is 10.1. The Kier molecular flexibility index (Phi) is 11.4. The number of hydrogen-bond acceptors (Lipinski definition) is 5. The van der Waals surface area contributed by atoms with Crippen LogP contribution in [0.25, 0.3) is 0 Å². The van der Waals surface area contributed by atoms with Crippen molar-refractivity contribution in [1.82, 2.24) is 15.5 Å². The molecular weight excluding hydrogens is 510 g/mol. The average Bonchev–Trinajstić information content (AvgIpc) is 3.42. The highest BCUT2D eigenvalue weighted by Crippen LogP contribution is 2.39. The van der Waals surface area contributed by atoms with E-state index in [1.54, 1.807) is 25.7 Å². The van der Waals surface area contributed by atoms with Crippen molar-refractivity contribution in [3.63, 3.8) is 0 Å². The lowest BCUT2D eigenvalue weighted by molar-refractivity contribution is -0.140. The summed E-state index contributed by atoms with van der Waals surface area (Å²) in [5, 5.41) is 5.91. The zero-order valence-electron chi connectivity index (χ0n) is 25.6. The number of carbonyl (C=O) groups excluding carboxylic acids is 3. The molecule has 8 nitrogen and oxygen atoms in total. The van der Waals surface area contributed by atoms with E-state index in [4.69, 9.17) is 9.16 Å². The average molecular weight is 564 g/mol. The van der Waals surface area contributed by atoms with Gasteiger partial charge < -0.3 is 24.7 Å². The third-order valence-electron chi connectivity index (χ3n) is 7.98. The minimum Gasteiger partial charge on any atom is -0.444 e. The minimum atomic E-state index is -2.13. The van der Waals surface area contributed by atoms with Crippen LogP contribution in [0.4, 0.5) is 4.79 Å². The van der Waals surface area contributed by atoms with Crippen LogP contribution in [0.15, 0.2) is 25.3 Å². The predicted octanol–water partition coefficient (Wildman–Crippen LogP) is 5.70. The third kappa shape index (κ3) is 10.1. The van der Waals surface area contributed by atoms with Gasteiger partial charge in [-0.15, -0.1) is 13.2 Å². The van der Waals surface area contributed by atoms with Crippen LogP contribution in [0.5, 0.6) is 0 Å². The molecule has 5 unspecified atom stereocenters. The lowest BCUT2D eigenvalue weighted by Gasteiger charge is -2.38. The molecule has 1 heterocycles. The number of hydrogen-bond donors (Lipinski definition) is 2. The molecule has 5 atom stereocenters. The van der Waals surface area contributed by atoms with Crippen LogP contribution in [0, 0.1) is 5.92 Å². The van der Waals surface area contributed by atoms with Gasteiger partial charge >= 0.3 is 6.09 Å². The van der Waals surface area contributed by atoms with Gasteiger partial charge in [-0.2, -0.15) is 0 Å². The number of nitrogens with zero attached hydrogens (tertiary/aromatic N) is 1. The standard InChI is InChI=1S/C30H53N3O5Si/c1-11-13-14-15-16-17-23(32-28(36)37-29(3,4)5)27(35)33-20-22(38-39(9,10)30(6,7)8)19-25(33)26(34)31-24-18-21(24)12-2/h11-12,21-25H,1-2,13-20H2,3-10H3,(H,31,34)(H,32,36). The molecule has 2 fully saturated rings. The summed E-state index contributed by atoms with van der Waals surface area (Å²) in [6.07, 6.45) is 8.20. The summed E-state index contributed by atoms with van der Waals surface area (Å²) in [5.74, 6) is -0.154. The number of rotatable bonds is 13. The second-order valence-corrected chi connectivity index (χ2v) is 18.4. The molecule has 3 amide bonds. The molecule has 0 radical (unpaired) electrons. The van der Waals surface area contributed by atoms with Gasteiger partial charge in [0.2, 0.25) is 11.8 Å². The third-order valence-corrected chi connectivity index (χ3v) is 12.5. The number of allylic oxidation sites excluding steroid dienone is 1. The summed E-state index contributed by atoms with van der Waals surface area (Å²) in [5.41, 5.74) is -0.689. The summed E-state index contributed by atoms with van der Waals surface area (Å²) in [7, 11) is -2.13. The number of alkyl carbamates (subject to hydrolysis) is 1. The smallest absolute Gasteiger partial charge is 0.408 e. The summed E-state index contributed by atoms with van der Waals surface area (Å²) in [6.45, 7) is 24.2. The van der Waals surface area contributed by atoms with E-state index in [1.165, 1.54) is 0 Å². The molecule has 1 aliphatic heterocycles. The molecule has 222 valence electrons. The lowest BCUT2D eigenvalue weighted by Crippen LogP contribution is -2.54. The SMILES string of the molecule is C=CCCCCCC(NC(=O)OC(C)(C)C)C(=O)N1CC(O[Si](C)(C)C(C)(C)C)CC1C(=O)NC1CC1C=C. The van der Waals surface area contributed by atoms with Crippen molar-refractivity contribution in [2.24, 2.45) is 5.92 Å². The highest BCUT2D eigenvalue weighted by atomic mass is 28.4. The van der Waals surface area contributed by atoms with E-state index in [1.807, 2.05) is 12.2 Å². The first kappa shape index (κ1) is 33.1. The van der Waals surface area contributed by atoms with Crippen LogP contribution in [-0.2, 0) is 18.8 Å². The number of likely N-dealkylation sites (tertiary alicyclic amines) is 1. The maximum absolute atomic E-state index is 14.0. The quantitative estimate of drug-likeness (QED) is 0.170. The summed E-state index contributed by atoms with van der Waals surface area (Å²) in [4.78, 5) is 41.8. The molecule has 0 spiro atoms. The fourth-order valence-electron chi connectivity index (χ4n) is 4.61. The Labute approximate surface area is 237 Å². The Hall–Kier alpha value is -2.13. The van der Waals surface area contributed by atoms with E-state index in [9.17, 15) is 14.4 Å². The monoisotopic (exact) mass is 563 g/mol. The Morgan fingerprint density at radius 1 is 1.05 bits per heavy atom. The van der Waals surface area contributed by atoms with E-state index < -0.39 is 32.1 Å². The number of amides is 3. The molecule has 0 aromatic carbocycles. The van der Waals surface area contributed by atoms with Crippen molar-refractivity contribution in [3.05, 3.63) is 25.3 Å². The van der Waals surface area contributed by atoms with Crippen LogP contribution in [0.2, 0.25) is 18.1 Å². The maximum Gasteiger partial charge on any atom is 0.408 e. The maximum atomic E-state index is 14.0. The fourth-order valence-corrected chi connectivity index (χ4v) is 5.97. The number of ether oxygens (including phenoxy) is 1. The molecule has 0 bridgehead atoms. The van der Waals surface area contributed by atoms with Crippen LogP contribution >= 0.6 is 0 Å². The normalized spacial score (nSPS) is 24.1. The van der Waals surface area contributed by atoms with Gasteiger partial charge in [0.1, 0.15) is 17.7 Å². The molecule has 1 saturated heterocycles. The minimum absolute atomic E-state index is 0.000375. The summed E-state index contributed by atoms with van der Waals surface area (Å²) < 4.78 is 12.1. The van der Waals surface area contributed by atoms with Crippen LogP contribution in [0.3, 0.4) is 0 Å². The Morgan fingerprint density at radius 2 is 1.72 bits per heavy atom. The zero-order chi connectivity index (χ0) is 29.6. The highest BCUT2D eigenvalue weighted by Gasteiger charge is 2.48. The van der Waals surface area contributed by atoms with Crippen molar-refractivity contribution in [3.8, 4) is 0 Å². The van der Waals surface area contributed by atoms with Gasteiger partial charge in [-0.25, -0.2) is 4.79 Å². The Bertz CT molecular complexity index is 892. The number of nitrogens with one attached hydrogen (secondary N) is 2. The summed E-state index contributed by atoms with van der Waals surface area (Å²) in [6, 6.07) is -1.37. The molecule has 9 heteroatoms. The summed E-state index contributed by atoms with van der Waals surface area (Å²) >= 11 is 0. The van der Waals surface area contributed by atoms with Crippen LogP contribution in [-0.4, -0.2) is 67.5 Å². The van der Waals surface area contributed by atoms with Crippen molar-refractivity contribution < 1.29 is 23.5 Å². The zero-order valence-corrected chi connectivity index (χ0v) is 26.6. The molecule has 1 aliphatic carbocycles. The van der Waals surface area contributed by atoms with Crippen molar-refractivity contribution in [1.29, 1.82) is 0 Å². The number of carbonyl (C=O) groups is 3. The van der Waals surface area contributed by atoms with Gasteiger partial charge in [-0.1, -0.05) is 45.8 Å². The van der Waals surface area contributed by atoms with Crippen molar-refractivity contribution >= 4 is 26.2 Å². The molecule has 1 saturated carbocycles. The molecular formula is C30H53N3O5Si. The second-order valence-electron chi connectivity index (χ2n) is 13.6. The topological polar surface area (TPSA) is 97.0 Å². The highest BCUT2D eigenvalue weighted by molar-refractivity contribution is 6.74. The molecule has 2 rings (SSSR count). The van der Waals surface area contributed by atoms with E-state index in [0.717, 1.165) is 32.1 Å². The van der Waals surface area contributed by atoms with Gasteiger partial charge in [-0.05, 0) is 70.5 Å². The van der Waals surface area contributed by atoms with E-state index in [0.29, 0.717) is 19.4 Å². The van der Waals surface area contributed by atoms with Gasteiger partial charge in [0.15, 0.2) is 8.32 Å². The molecule has 0 aromatic rings. The van der Waals surface area contributed by atoms with Crippen molar-refractivity contribution in [2.75, 3.05) is 6.54 Å². The van der Waals surface area contributed by atoms with Crippen LogP contribution < -0.4 is 10.6 Å². The molecule has 2 N–H and O–H groups in total. The first-order valence-corrected chi connectivity index (χ1v) is 17.4. The van der Waals surface area contributed by atoms with Gasteiger partial charge in [-0.3, -0.25) is 9.59 Å². The molecule has 2 aliphatic rings. The Balaban J connectivity index is 2.25. The molecule has 39 heavy (non-hydrogen) atoms. The second kappa shape index (κ2) is 13.5. The first-order valence-electron chi connectivity index (χ1n) is 14.5. The van der Waals surface area contributed by atoms with E-state index in [-0.39, 0.29) is 34.9 Å². The van der Waals surface area contributed by atoms with Gasteiger partial charge in [0.05, 0.1) is 6.10 Å². The van der Waals surface area contributed by atoms with E-state index >= 15 is 0 Å². The largest absolute Gasteiger partial charge is 0.444 e. The first-order chi connectivity index (χ1) is 18.0. The number of unbranched alkanes of at least 4 members (excludes halogenated alkanes) is 3. The van der Waals surface area contributed by atoms with Gasteiger partial charge in [0.25, 0.3) is 0 Å². The van der Waals surface area contributed by atoms with Crippen molar-refractivity contribution in [2.45, 2.75) is 134 Å².